The number of urea groups is 1. The third kappa shape index (κ3) is 6.81. The molecule has 1 aromatic heterocycles. The summed E-state index contributed by atoms with van der Waals surface area (Å²) in [5.41, 5.74) is -1.10. The molecule has 2 heterocycles. The highest BCUT2D eigenvalue weighted by atomic mass is 19.1. The van der Waals surface area contributed by atoms with E-state index in [2.05, 4.69) is 15.6 Å². The summed E-state index contributed by atoms with van der Waals surface area (Å²) in [5.74, 6) is -3.73. The van der Waals surface area contributed by atoms with Crippen LogP contribution in [0.15, 0.2) is 54.3 Å². The van der Waals surface area contributed by atoms with E-state index >= 15 is 0 Å². The molecule has 0 unspecified atom stereocenters. The van der Waals surface area contributed by atoms with Crippen molar-refractivity contribution < 1.29 is 37.7 Å². The molecule has 2 fully saturated rings. The summed E-state index contributed by atoms with van der Waals surface area (Å²) in [5, 5.41) is 14.1. The highest BCUT2D eigenvalue weighted by Crippen LogP contribution is 2.48. The van der Waals surface area contributed by atoms with Gasteiger partial charge in [0.25, 0.3) is 0 Å². The number of pyridine rings is 1. The summed E-state index contributed by atoms with van der Waals surface area (Å²) in [4.78, 5) is 42.9. The van der Waals surface area contributed by atoms with Crippen LogP contribution in [-0.4, -0.2) is 58.7 Å². The van der Waals surface area contributed by atoms with Crippen molar-refractivity contribution in [2.24, 2.45) is 5.41 Å². The van der Waals surface area contributed by atoms with Crippen molar-refractivity contribution in [1.29, 1.82) is 0 Å². The number of amides is 3. The molecule has 2 aliphatic rings. The molecule has 2 aromatic rings. The fraction of sp³-hybridized carbons (Fsp3) is 0.357. The molecule has 40 heavy (non-hydrogen) atoms. The molecule has 1 saturated heterocycles. The molecule has 1 aliphatic carbocycles. The van der Waals surface area contributed by atoms with Gasteiger partial charge in [-0.15, -0.1) is 0 Å². The molecule has 0 bridgehead atoms. The Morgan fingerprint density at radius 2 is 1.93 bits per heavy atom. The summed E-state index contributed by atoms with van der Waals surface area (Å²) < 4.78 is 40.4. The van der Waals surface area contributed by atoms with E-state index in [-0.39, 0.29) is 44.1 Å². The third-order valence-corrected chi connectivity index (χ3v) is 6.37. The topological polar surface area (TPSA) is 130 Å². The van der Waals surface area contributed by atoms with E-state index in [1.807, 2.05) is 19.1 Å². The van der Waals surface area contributed by atoms with E-state index in [4.69, 9.17) is 9.47 Å². The van der Waals surface area contributed by atoms with Crippen molar-refractivity contribution in [2.75, 3.05) is 30.3 Å². The number of rotatable bonds is 10. The molecule has 3 N–H and O–H groups in total. The summed E-state index contributed by atoms with van der Waals surface area (Å²) in [6.07, 6.45) is 7.69. The van der Waals surface area contributed by atoms with Gasteiger partial charge in [-0.3, -0.25) is 14.9 Å². The van der Waals surface area contributed by atoms with E-state index in [0.29, 0.717) is 0 Å². The van der Waals surface area contributed by atoms with Crippen molar-refractivity contribution in [3.05, 3.63) is 65.9 Å². The molecule has 0 atom stereocenters. The minimum atomic E-state index is -1.44. The molecular formula is C28H30F2N4O6. The van der Waals surface area contributed by atoms with Gasteiger partial charge in [0.05, 0.1) is 24.9 Å². The Balaban J connectivity index is 1.37. The number of esters is 1. The van der Waals surface area contributed by atoms with Crippen molar-refractivity contribution in [2.45, 2.75) is 39.2 Å². The van der Waals surface area contributed by atoms with Gasteiger partial charge in [-0.05, 0) is 37.8 Å². The number of likely N-dealkylation sites (tertiary alicyclic amines) is 1. The number of ether oxygens (including phenoxy) is 2. The Morgan fingerprint density at radius 3 is 2.60 bits per heavy atom. The first kappa shape index (κ1) is 28.7. The van der Waals surface area contributed by atoms with E-state index in [1.165, 1.54) is 23.2 Å². The zero-order chi connectivity index (χ0) is 28.9. The van der Waals surface area contributed by atoms with E-state index in [9.17, 15) is 28.3 Å². The molecule has 1 aromatic carbocycles. The van der Waals surface area contributed by atoms with Crippen LogP contribution in [-0.2, 0) is 14.3 Å². The van der Waals surface area contributed by atoms with Gasteiger partial charge in [0.2, 0.25) is 5.91 Å². The minimum absolute atomic E-state index is 0.0126. The van der Waals surface area contributed by atoms with E-state index in [1.54, 1.807) is 13.0 Å². The molecule has 4 rings (SSSR count). The number of halogens is 2. The molecule has 0 spiro atoms. The van der Waals surface area contributed by atoms with Crippen LogP contribution in [0.4, 0.5) is 25.1 Å². The van der Waals surface area contributed by atoms with Crippen molar-refractivity contribution >= 4 is 29.4 Å². The van der Waals surface area contributed by atoms with Crippen LogP contribution in [0.1, 0.15) is 33.1 Å². The Bertz CT molecular complexity index is 1350. The van der Waals surface area contributed by atoms with Crippen molar-refractivity contribution in [1.82, 2.24) is 9.88 Å². The van der Waals surface area contributed by atoms with Crippen LogP contribution in [0.3, 0.4) is 0 Å². The normalized spacial score (nSPS) is 16.3. The number of hydrogen-bond acceptors (Lipinski definition) is 7. The van der Waals surface area contributed by atoms with Gasteiger partial charge in [0.1, 0.15) is 23.6 Å². The van der Waals surface area contributed by atoms with Gasteiger partial charge in [-0.2, -0.15) is 0 Å². The van der Waals surface area contributed by atoms with Crippen molar-refractivity contribution in [3.63, 3.8) is 0 Å². The summed E-state index contributed by atoms with van der Waals surface area (Å²) in [6.45, 7) is 4.19. The maximum Gasteiger partial charge on any atom is 0.323 e. The van der Waals surface area contributed by atoms with Gasteiger partial charge in [-0.25, -0.2) is 18.6 Å². The molecule has 1 aliphatic heterocycles. The molecule has 1 saturated carbocycles. The molecule has 0 radical (unpaired) electrons. The molecule has 10 nitrogen and oxygen atoms in total. The Morgan fingerprint density at radius 1 is 1.18 bits per heavy atom. The predicted molar refractivity (Wildman–Crippen MR) is 142 cm³/mol. The zero-order valence-electron chi connectivity index (χ0n) is 22.1. The summed E-state index contributed by atoms with van der Waals surface area (Å²) in [6, 6.07) is 3.76. The number of aliphatic hydroxyl groups excluding tert-OH is 1. The SMILES string of the molecule is CC/C=C\C=C(/C)COC(=O)C1(C(=O)Nc2cc(F)c(Oc3ccnc(NC(=O)N4CC(O)C4)c3)cc2F)CC1. The summed E-state index contributed by atoms with van der Waals surface area (Å²) >= 11 is 0. The van der Waals surface area contributed by atoms with Crippen LogP contribution < -0.4 is 15.4 Å². The van der Waals surface area contributed by atoms with Crippen LogP contribution in [0.25, 0.3) is 0 Å². The first-order valence-corrected chi connectivity index (χ1v) is 12.8. The quantitative estimate of drug-likeness (QED) is 0.223. The van der Waals surface area contributed by atoms with Gasteiger partial charge in [-0.1, -0.05) is 25.2 Å². The maximum absolute atomic E-state index is 14.8. The number of aromatic nitrogens is 1. The lowest BCUT2D eigenvalue weighted by atomic mass is 10.1. The Kier molecular flexibility index (Phi) is 8.78. The number of benzene rings is 1. The van der Waals surface area contributed by atoms with Gasteiger partial charge < -0.3 is 24.8 Å². The lowest BCUT2D eigenvalue weighted by molar-refractivity contribution is -0.152. The standard InChI is InChI=1S/C28H30F2N4O6/c1-3-4-5-6-17(2)16-39-26(37)28(8-9-28)25(36)32-22-12-21(30)23(13-20(22)29)40-19-7-10-31-24(11-19)33-27(38)34-14-18(35)15-34/h4-7,10-13,18,35H,3,8-9,14-16H2,1-2H3,(H,32,36)(H,31,33,38)/b5-4-,17-6+. The van der Waals surface area contributed by atoms with Crippen LogP contribution in [0, 0.1) is 17.0 Å². The summed E-state index contributed by atoms with van der Waals surface area (Å²) in [7, 11) is 0. The van der Waals surface area contributed by atoms with E-state index in [0.717, 1.165) is 24.1 Å². The van der Waals surface area contributed by atoms with Gasteiger partial charge in [0, 0.05) is 24.4 Å². The number of allylic oxidation sites excluding steroid dienone is 3. The first-order chi connectivity index (χ1) is 19.1. The van der Waals surface area contributed by atoms with Crippen molar-refractivity contribution in [3.8, 4) is 11.5 Å². The highest BCUT2D eigenvalue weighted by molar-refractivity contribution is 6.11. The number of hydrogen-bond donors (Lipinski definition) is 3. The number of aliphatic hydroxyl groups is 1. The number of nitrogens with zero attached hydrogens (tertiary/aromatic N) is 2. The Labute approximate surface area is 229 Å². The molecular weight excluding hydrogens is 526 g/mol. The third-order valence-electron chi connectivity index (χ3n) is 6.37. The van der Waals surface area contributed by atoms with E-state index < -0.39 is 52.5 Å². The number of nitrogens with one attached hydrogen (secondary N) is 2. The smallest absolute Gasteiger partial charge is 0.323 e. The minimum Gasteiger partial charge on any atom is -0.460 e. The van der Waals surface area contributed by atoms with Crippen LogP contribution in [0.2, 0.25) is 0 Å². The van der Waals surface area contributed by atoms with Gasteiger partial charge >= 0.3 is 12.0 Å². The lowest BCUT2D eigenvalue weighted by Crippen LogP contribution is -2.54. The maximum atomic E-state index is 14.8. The zero-order valence-corrected chi connectivity index (χ0v) is 22.1. The lowest BCUT2D eigenvalue weighted by Gasteiger charge is -2.35. The second kappa shape index (κ2) is 12.2. The average Bonchev–Trinajstić information content (AvgIpc) is 3.71. The molecule has 3 amide bonds. The number of anilines is 2. The number of carbonyl (C=O) groups excluding carboxylic acids is 3. The molecule has 212 valence electrons. The monoisotopic (exact) mass is 556 g/mol. The fourth-order valence-electron chi connectivity index (χ4n) is 3.81. The number of β-amino-alcohol motifs (C(OH)–C–C–N with tert-alkyl or cyclic N) is 1. The fourth-order valence-corrected chi connectivity index (χ4v) is 3.81. The number of carbonyl (C=O) groups is 3. The predicted octanol–water partition coefficient (Wildman–Crippen LogP) is 4.53. The van der Waals surface area contributed by atoms with Gasteiger partial charge in [0.15, 0.2) is 17.4 Å². The second-order valence-electron chi connectivity index (χ2n) is 9.69. The second-order valence-corrected chi connectivity index (χ2v) is 9.69. The average molecular weight is 557 g/mol. The molecule has 12 heteroatoms. The van der Waals surface area contributed by atoms with Crippen LogP contribution >= 0.6 is 0 Å². The first-order valence-electron chi connectivity index (χ1n) is 12.8. The largest absolute Gasteiger partial charge is 0.460 e. The Hall–Kier alpha value is -4.32. The highest BCUT2D eigenvalue weighted by Gasteiger charge is 2.58. The van der Waals surface area contributed by atoms with Crippen LogP contribution in [0.5, 0.6) is 11.5 Å².